The molecule has 0 aliphatic rings. The summed E-state index contributed by atoms with van der Waals surface area (Å²) in [6, 6.07) is 11.2. The van der Waals surface area contributed by atoms with Crippen LogP contribution in [0, 0.1) is 18.3 Å². The van der Waals surface area contributed by atoms with E-state index in [2.05, 4.69) is 10.2 Å². The van der Waals surface area contributed by atoms with Crippen molar-refractivity contribution in [2.45, 2.75) is 11.3 Å². The second-order valence-corrected chi connectivity index (χ2v) is 6.25. The van der Waals surface area contributed by atoms with Crippen molar-refractivity contribution in [3.8, 4) is 6.07 Å². The molecule has 0 unspecified atom stereocenters. The van der Waals surface area contributed by atoms with E-state index >= 15 is 0 Å². The zero-order valence-corrected chi connectivity index (χ0v) is 12.4. The molecule has 0 N–H and O–H groups in total. The van der Waals surface area contributed by atoms with Crippen molar-refractivity contribution in [3.63, 3.8) is 0 Å². The van der Waals surface area contributed by atoms with Gasteiger partial charge in [-0.1, -0.05) is 41.3 Å². The van der Waals surface area contributed by atoms with Gasteiger partial charge in [0.1, 0.15) is 11.6 Å². The molecule has 20 heavy (non-hydrogen) atoms. The molecule has 1 heterocycles. The minimum absolute atomic E-state index is 0.0402. The fraction of sp³-hybridized carbons (Fsp3) is 0.231. The summed E-state index contributed by atoms with van der Waals surface area (Å²) in [6.07, 6.45) is 0. The van der Waals surface area contributed by atoms with E-state index in [0.29, 0.717) is 0 Å². The molecule has 0 radical (unpaired) electrons. The number of hydrogen-bond acceptors (Lipinski definition) is 6. The number of rotatable bonds is 5. The van der Waals surface area contributed by atoms with E-state index in [4.69, 9.17) is 5.26 Å². The highest BCUT2D eigenvalue weighted by atomic mass is 32.2. The first-order valence-electron chi connectivity index (χ1n) is 5.86. The third-order valence-corrected chi connectivity index (χ3v) is 4.38. The number of carbonyl (C=O) groups is 1. The number of anilines is 1. The number of amides is 1. The Hall–Kier alpha value is -1.91. The number of nitrogens with zero attached hydrogens (tertiary/aromatic N) is 4. The van der Waals surface area contributed by atoms with Gasteiger partial charge in [0.15, 0.2) is 4.34 Å². The summed E-state index contributed by atoms with van der Waals surface area (Å²) in [5.74, 6) is 0.126. The molecule has 0 aliphatic heterocycles. The molecule has 0 spiro atoms. The molecule has 0 fully saturated rings. The molecule has 0 aliphatic carbocycles. The van der Waals surface area contributed by atoms with Crippen molar-refractivity contribution >= 4 is 34.7 Å². The highest BCUT2D eigenvalue weighted by molar-refractivity contribution is 8.01. The molecule has 2 aromatic rings. The number of aryl methyl sites for hydroxylation is 1. The Bertz CT molecular complexity index is 621. The van der Waals surface area contributed by atoms with Gasteiger partial charge in [-0.2, -0.15) is 5.26 Å². The standard InChI is InChI=1S/C13H12N4OS2/c1-10-15-16-13(20-10)19-9-12(18)17(8-7-14)11-5-3-2-4-6-11/h2-6H,8-9H2,1H3. The SMILES string of the molecule is Cc1nnc(SCC(=O)N(CC#N)c2ccccc2)s1. The first-order valence-corrected chi connectivity index (χ1v) is 7.66. The van der Waals surface area contributed by atoms with Crippen molar-refractivity contribution in [2.24, 2.45) is 0 Å². The number of thioether (sulfide) groups is 1. The molecule has 0 bridgehead atoms. The van der Waals surface area contributed by atoms with E-state index in [-0.39, 0.29) is 18.2 Å². The Kier molecular flexibility index (Phi) is 5.09. The predicted octanol–water partition coefficient (Wildman–Crippen LogP) is 2.50. The topological polar surface area (TPSA) is 69.9 Å². The van der Waals surface area contributed by atoms with Crippen molar-refractivity contribution in [1.29, 1.82) is 5.26 Å². The number of hydrogen-bond donors (Lipinski definition) is 0. The van der Waals surface area contributed by atoms with Gasteiger partial charge in [0, 0.05) is 5.69 Å². The quantitative estimate of drug-likeness (QED) is 0.627. The third-order valence-electron chi connectivity index (χ3n) is 2.42. The summed E-state index contributed by atoms with van der Waals surface area (Å²) in [5.41, 5.74) is 0.730. The Morgan fingerprint density at radius 3 is 2.75 bits per heavy atom. The molecule has 0 atom stereocenters. The van der Waals surface area contributed by atoms with Gasteiger partial charge in [-0.25, -0.2) is 0 Å². The Morgan fingerprint density at radius 1 is 1.40 bits per heavy atom. The van der Waals surface area contributed by atoms with Crippen LogP contribution in [0.1, 0.15) is 5.01 Å². The lowest BCUT2D eigenvalue weighted by Crippen LogP contribution is -2.32. The van der Waals surface area contributed by atoms with Crippen LogP contribution in [-0.2, 0) is 4.79 Å². The summed E-state index contributed by atoms with van der Waals surface area (Å²) in [5, 5.41) is 17.6. The van der Waals surface area contributed by atoms with Gasteiger partial charge in [0.25, 0.3) is 0 Å². The number of aromatic nitrogens is 2. The summed E-state index contributed by atoms with van der Waals surface area (Å²) in [7, 11) is 0. The van der Waals surface area contributed by atoms with E-state index < -0.39 is 0 Å². The predicted molar refractivity (Wildman–Crippen MR) is 79.8 cm³/mol. The lowest BCUT2D eigenvalue weighted by atomic mass is 10.3. The second kappa shape index (κ2) is 7.03. The molecule has 1 amide bonds. The van der Waals surface area contributed by atoms with E-state index in [9.17, 15) is 4.79 Å². The minimum Gasteiger partial charge on any atom is -0.298 e. The van der Waals surface area contributed by atoms with Crippen LogP contribution in [0.2, 0.25) is 0 Å². The zero-order valence-electron chi connectivity index (χ0n) is 10.8. The average molecular weight is 304 g/mol. The normalized spacial score (nSPS) is 10.0. The highest BCUT2D eigenvalue weighted by Gasteiger charge is 2.16. The van der Waals surface area contributed by atoms with Gasteiger partial charge in [0.2, 0.25) is 5.91 Å². The fourth-order valence-corrected chi connectivity index (χ4v) is 3.23. The van der Waals surface area contributed by atoms with Gasteiger partial charge in [-0.15, -0.1) is 10.2 Å². The monoisotopic (exact) mass is 304 g/mol. The van der Waals surface area contributed by atoms with Gasteiger partial charge in [-0.05, 0) is 19.1 Å². The highest BCUT2D eigenvalue weighted by Crippen LogP contribution is 2.23. The number of para-hydroxylation sites is 1. The largest absolute Gasteiger partial charge is 0.298 e. The van der Waals surface area contributed by atoms with Crippen LogP contribution in [0.3, 0.4) is 0 Å². The van der Waals surface area contributed by atoms with Gasteiger partial charge in [0.05, 0.1) is 11.8 Å². The van der Waals surface area contributed by atoms with Crippen molar-refractivity contribution in [3.05, 3.63) is 35.3 Å². The van der Waals surface area contributed by atoms with E-state index in [1.165, 1.54) is 28.0 Å². The maximum atomic E-state index is 12.2. The average Bonchev–Trinajstić information content (AvgIpc) is 2.89. The molecule has 2 rings (SSSR count). The first-order chi connectivity index (χ1) is 9.70. The van der Waals surface area contributed by atoms with Gasteiger partial charge >= 0.3 is 0 Å². The molecular formula is C13H12N4OS2. The molecule has 0 saturated carbocycles. The first kappa shape index (κ1) is 14.5. The van der Waals surface area contributed by atoms with Crippen LogP contribution in [-0.4, -0.2) is 28.4 Å². The second-order valence-electron chi connectivity index (χ2n) is 3.85. The molecule has 1 aromatic heterocycles. The van der Waals surface area contributed by atoms with E-state index in [0.717, 1.165) is 15.0 Å². The number of benzene rings is 1. The Balaban J connectivity index is 2.02. The van der Waals surface area contributed by atoms with Crippen molar-refractivity contribution in [2.75, 3.05) is 17.2 Å². The molecule has 0 saturated heterocycles. The van der Waals surface area contributed by atoms with Crippen LogP contribution >= 0.6 is 23.1 Å². The number of carbonyl (C=O) groups excluding carboxylic acids is 1. The molecule has 5 nitrogen and oxygen atoms in total. The maximum absolute atomic E-state index is 12.2. The summed E-state index contributed by atoms with van der Waals surface area (Å²) >= 11 is 2.80. The summed E-state index contributed by atoms with van der Waals surface area (Å²) < 4.78 is 0.765. The summed E-state index contributed by atoms with van der Waals surface area (Å²) in [4.78, 5) is 13.7. The molecular weight excluding hydrogens is 292 g/mol. The third kappa shape index (κ3) is 3.79. The summed E-state index contributed by atoms with van der Waals surface area (Å²) in [6.45, 7) is 1.91. The Labute approximate surface area is 125 Å². The smallest absolute Gasteiger partial charge is 0.238 e. The van der Waals surface area contributed by atoms with Crippen molar-refractivity contribution in [1.82, 2.24) is 10.2 Å². The lowest BCUT2D eigenvalue weighted by Gasteiger charge is -2.19. The zero-order chi connectivity index (χ0) is 14.4. The van der Waals surface area contributed by atoms with Gasteiger partial charge < -0.3 is 0 Å². The van der Waals surface area contributed by atoms with E-state index in [1.807, 2.05) is 43.3 Å². The number of nitriles is 1. The van der Waals surface area contributed by atoms with Crippen LogP contribution in [0.15, 0.2) is 34.7 Å². The minimum atomic E-state index is -0.115. The Morgan fingerprint density at radius 2 is 2.15 bits per heavy atom. The van der Waals surface area contributed by atoms with Crippen LogP contribution in [0.25, 0.3) is 0 Å². The molecule has 1 aromatic carbocycles. The molecule has 7 heteroatoms. The van der Waals surface area contributed by atoms with E-state index in [1.54, 1.807) is 0 Å². The van der Waals surface area contributed by atoms with Gasteiger partial charge in [-0.3, -0.25) is 9.69 Å². The van der Waals surface area contributed by atoms with Crippen LogP contribution in [0.4, 0.5) is 5.69 Å². The molecule has 102 valence electrons. The van der Waals surface area contributed by atoms with Crippen LogP contribution in [0.5, 0.6) is 0 Å². The van der Waals surface area contributed by atoms with Crippen molar-refractivity contribution < 1.29 is 4.79 Å². The lowest BCUT2D eigenvalue weighted by molar-refractivity contribution is -0.116. The maximum Gasteiger partial charge on any atom is 0.238 e. The van der Waals surface area contributed by atoms with Crippen LogP contribution < -0.4 is 4.90 Å². The fourth-order valence-electron chi connectivity index (χ4n) is 1.54.